The Morgan fingerprint density at radius 1 is 1.09 bits per heavy atom. The number of amides is 1. The van der Waals surface area contributed by atoms with Gasteiger partial charge >= 0.3 is 0 Å². The van der Waals surface area contributed by atoms with E-state index in [2.05, 4.69) is 20.2 Å². The summed E-state index contributed by atoms with van der Waals surface area (Å²) < 4.78 is 32.2. The fourth-order valence-electron chi connectivity index (χ4n) is 3.15. The zero-order chi connectivity index (χ0) is 25.0. The number of sulfonamides is 1. The number of para-hydroxylation sites is 2. The van der Waals surface area contributed by atoms with Gasteiger partial charge in [-0.2, -0.15) is 5.10 Å². The van der Waals surface area contributed by atoms with Crippen molar-refractivity contribution in [2.75, 3.05) is 11.0 Å². The molecule has 0 fully saturated rings. The van der Waals surface area contributed by atoms with Gasteiger partial charge in [0.2, 0.25) is 10.0 Å². The van der Waals surface area contributed by atoms with E-state index in [4.69, 9.17) is 16.3 Å². The van der Waals surface area contributed by atoms with E-state index in [1.807, 2.05) is 6.07 Å². The minimum atomic E-state index is -3.60. The Kier molecular flexibility index (Phi) is 6.85. The Labute approximate surface area is 206 Å². The zero-order valence-corrected chi connectivity index (χ0v) is 19.8. The van der Waals surface area contributed by atoms with E-state index < -0.39 is 15.9 Å². The van der Waals surface area contributed by atoms with Crippen LogP contribution in [0.4, 0.5) is 5.69 Å². The Balaban J connectivity index is 1.66. The molecule has 1 aromatic heterocycles. The average Bonchev–Trinajstić information content (AvgIpc) is 2.80. The minimum absolute atomic E-state index is 0.0646. The maximum Gasteiger partial charge on any atom is 0.275 e. The second-order valence-electron chi connectivity index (χ2n) is 7.42. The number of nitrogens with zero attached hydrogens (tertiary/aromatic N) is 2. The molecule has 0 saturated heterocycles. The van der Waals surface area contributed by atoms with Crippen LogP contribution in [-0.4, -0.2) is 36.9 Å². The number of hydrogen-bond donors (Lipinski definition) is 3. The van der Waals surface area contributed by atoms with Crippen molar-refractivity contribution in [3.63, 3.8) is 0 Å². The van der Waals surface area contributed by atoms with Gasteiger partial charge in [0.15, 0.2) is 5.75 Å². The van der Waals surface area contributed by atoms with Gasteiger partial charge in [0.25, 0.3) is 5.91 Å². The van der Waals surface area contributed by atoms with Crippen molar-refractivity contribution in [1.29, 1.82) is 0 Å². The lowest BCUT2D eigenvalue weighted by molar-refractivity contribution is 0.0952. The molecule has 0 aliphatic heterocycles. The molecule has 0 radical (unpaired) electrons. The quantitative estimate of drug-likeness (QED) is 0.190. The molecule has 178 valence electrons. The van der Waals surface area contributed by atoms with Crippen molar-refractivity contribution >= 4 is 50.3 Å². The summed E-state index contributed by atoms with van der Waals surface area (Å²) in [5, 5.41) is 14.3. The Morgan fingerprint density at radius 2 is 1.80 bits per heavy atom. The van der Waals surface area contributed by atoms with E-state index in [1.165, 1.54) is 18.3 Å². The van der Waals surface area contributed by atoms with Crippen LogP contribution >= 0.6 is 11.6 Å². The fraction of sp³-hybridized carbons (Fsp3) is 0.0417. The van der Waals surface area contributed by atoms with Gasteiger partial charge in [-0.05, 0) is 36.4 Å². The summed E-state index contributed by atoms with van der Waals surface area (Å²) in [7, 11) is -3.60. The monoisotopic (exact) mass is 510 g/mol. The lowest BCUT2D eigenvalue weighted by Crippen LogP contribution is -2.17. The first-order valence-electron chi connectivity index (χ1n) is 10.2. The molecule has 9 nitrogen and oxygen atoms in total. The van der Waals surface area contributed by atoms with Crippen molar-refractivity contribution in [2.24, 2.45) is 5.10 Å². The lowest BCUT2D eigenvalue weighted by Gasteiger charge is -2.14. The number of anilines is 1. The number of carbonyl (C=O) groups is 1. The smallest absolute Gasteiger partial charge is 0.275 e. The second kappa shape index (κ2) is 10.00. The second-order valence-corrected chi connectivity index (χ2v) is 9.52. The van der Waals surface area contributed by atoms with Gasteiger partial charge in [-0.3, -0.25) is 9.52 Å². The highest BCUT2D eigenvalue weighted by molar-refractivity contribution is 7.92. The highest BCUT2D eigenvalue weighted by Gasteiger charge is 2.14. The summed E-state index contributed by atoms with van der Waals surface area (Å²) in [6.07, 6.45) is 2.33. The number of benzene rings is 3. The molecule has 0 aliphatic carbocycles. The normalized spacial score (nSPS) is 11.5. The minimum Gasteiger partial charge on any atom is -0.507 e. The third kappa shape index (κ3) is 6.05. The Hall–Kier alpha value is -4.15. The third-order valence-electron chi connectivity index (χ3n) is 4.68. The molecule has 0 aliphatic rings. The van der Waals surface area contributed by atoms with Crippen LogP contribution in [-0.2, 0) is 10.0 Å². The molecule has 0 atom stereocenters. The van der Waals surface area contributed by atoms with Crippen molar-refractivity contribution in [3.05, 3.63) is 89.1 Å². The van der Waals surface area contributed by atoms with Crippen LogP contribution in [0.1, 0.15) is 15.9 Å². The molecular formula is C24H19ClN4O5S. The van der Waals surface area contributed by atoms with Crippen LogP contribution in [0.15, 0.2) is 77.9 Å². The number of rotatable bonds is 7. The lowest BCUT2D eigenvalue weighted by atomic mass is 10.1. The number of nitrogens with one attached hydrogen (secondary N) is 2. The van der Waals surface area contributed by atoms with Crippen LogP contribution in [0, 0.1) is 0 Å². The van der Waals surface area contributed by atoms with Crippen molar-refractivity contribution in [2.45, 2.75) is 0 Å². The topological polar surface area (TPSA) is 130 Å². The summed E-state index contributed by atoms with van der Waals surface area (Å²) >= 11 is 6.31. The van der Waals surface area contributed by atoms with Crippen molar-refractivity contribution in [3.8, 4) is 17.2 Å². The number of phenols is 1. The van der Waals surface area contributed by atoms with Gasteiger partial charge in [0, 0.05) is 17.0 Å². The molecule has 3 N–H and O–H groups in total. The third-order valence-corrected chi connectivity index (χ3v) is 5.57. The summed E-state index contributed by atoms with van der Waals surface area (Å²) in [5.41, 5.74) is 3.42. The van der Waals surface area contributed by atoms with Gasteiger partial charge < -0.3 is 9.84 Å². The molecule has 4 aromatic rings. The summed E-state index contributed by atoms with van der Waals surface area (Å²) in [6.45, 7) is 0. The summed E-state index contributed by atoms with van der Waals surface area (Å²) in [5.74, 6) is -0.0240. The van der Waals surface area contributed by atoms with Gasteiger partial charge in [-0.15, -0.1) is 0 Å². The van der Waals surface area contributed by atoms with E-state index in [0.29, 0.717) is 22.2 Å². The SMILES string of the molecule is CS(=O)(=O)Nc1cc2cc(/C=N/NC(=O)c3ccccc3O)c(Cl)nc2cc1Oc1ccccc1. The summed E-state index contributed by atoms with van der Waals surface area (Å²) in [4.78, 5) is 16.6. The van der Waals surface area contributed by atoms with E-state index in [-0.39, 0.29) is 27.9 Å². The predicted octanol–water partition coefficient (Wildman–Crippen LogP) is 4.52. The number of aromatic hydroxyl groups is 1. The number of halogens is 1. The number of aromatic nitrogens is 1. The molecule has 0 spiro atoms. The van der Waals surface area contributed by atoms with Crippen LogP contribution < -0.4 is 14.9 Å². The van der Waals surface area contributed by atoms with E-state index in [0.717, 1.165) is 6.26 Å². The maximum atomic E-state index is 12.2. The van der Waals surface area contributed by atoms with Gasteiger partial charge in [0.05, 0.1) is 29.2 Å². The number of pyridine rings is 1. The van der Waals surface area contributed by atoms with Gasteiger partial charge in [-0.1, -0.05) is 41.9 Å². The standard InChI is InChI=1S/C24H19ClN4O5S/c1-35(32,33)29-20-12-15-11-16(14-26-28-24(31)18-9-5-6-10-21(18)30)23(25)27-19(15)13-22(20)34-17-7-3-2-4-8-17/h2-14,29-30H,1H3,(H,28,31)/b26-14+. The van der Waals surface area contributed by atoms with Crippen molar-refractivity contribution in [1.82, 2.24) is 10.4 Å². The number of phenolic OH excluding ortho intramolecular Hbond substituents is 1. The molecule has 11 heteroatoms. The number of fused-ring (bicyclic) bond motifs is 1. The number of ether oxygens (including phenoxy) is 1. The Bertz CT molecular complexity index is 1540. The molecule has 0 unspecified atom stereocenters. The molecule has 0 bridgehead atoms. The van der Waals surface area contributed by atoms with Crippen LogP contribution in [0.3, 0.4) is 0 Å². The fourth-order valence-corrected chi connectivity index (χ4v) is 3.91. The van der Waals surface area contributed by atoms with Crippen molar-refractivity contribution < 1.29 is 23.1 Å². The van der Waals surface area contributed by atoms with Crippen LogP contribution in [0.25, 0.3) is 10.9 Å². The number of hydrogen-bond acceptors (Lipinski definition) is 7. The highest BCUT2D eigenvalue weighted by Crippen LogP contribution is 2.35. The molecule has 3 aromatic carbocycles. The largest absolute Gasteiger partial charge is 0.507 e. The first-order valence-corrected chi connectivity index (χ1v) is 12.4. The number of hydrazone groups is 1. The highest BCUT2D eigenvalue weighted by atomic mass is 35.5. The van der Waals surface area contributed by atoms with Gasteiger partial charge in [0.1, 0.15) is 16.7 Å². The number of carbonyl (C=O) groups excluding carboxylic acids is 1. The summed E-state index contributed by atoms with van der Waals surface area (Å²) in [6, 6.07) is 19.7. The zero-order valence-electron chi connectivity index (χ0n) is 18.3. The molecule has 4 rings (SSSR count). The average molecular weight is 511 g/mol. The van der Waals surface area contributed by atoms with Crippen LogP contribution in [0.2, 0.25) is 5.15 Å². The van der Waals surface area contributed by atoms with E-state index in [9.17, 15) is 18.3 Å². The van der Waals surface area contributed by atoms with Crippen LogP contribution in [0.5, 0.6) is 17.2 Å². The molecule has 1 amide bonds. The molecule has 1 heterocycles. The molecule has 0 saturated carbocycles. The first-order chi connectivity index (χ1) is 16.7. The Morgan fingerprint density at radius 3 is 2.51 bits per heavy atom. The van der Waals surface area contributed by atoms with E-state index >= 15 is 0 Å². The van der Waals surface area contributed by atoms with E-state index in [1.54, 1.807) is 54.6 Å². The van der Waals surface area contributed by atoms with Gasteiger partial charge in [-0.25, -0.2) is 18.8 Å². The first kappa shape index (κ1) is 24.0. The molecule has 35 heavy (non-hydrogen) atoms. The molecular weight excluding hydrogens is 492 g/mol. The predicted molar refractivity (Wildman–Crippen MR) is 135 cm³/mol. The maximum absolute atomic E-state index is 12.2.